The smallest absolute Gasteiger partial charge is 0.125 e. The van der Waals surface area contributed by atoms with Crippen molar-refractivity contribution in [2.75, 3.05) is 11.4 Å². The van der Waals surface area contributed by atoms with Gasteiger partial charge in [-0.1, -0.05) is 13.0 Å². The van der Waals surface area contributed by atoms with Crippen LogP contribution < -0.4 is 4.90 Å². The van der Waals surface area contributed by atoms with Gasteiger partial charge in [-0.25, -0.2) is 4.39 Å². The minimum atomic E-state index is -0.178. The van der Waals surface area contributed by atoms with Gasteiger partial charge in [-0.2, -0.15) is 5.26 Å². The first-order valence-corrected chi connectivity index (χ1v) is 7.13. The van der Waals surface area contributed by atoms with Gasteiger partial charge in [0.1, 0.15) is 5.82 Å². The zero-order chi connectivity index (χ0) is 13.4. The second-order valence-corrected chi connectivity index (χ2v) is 5.94. The van der Waals surface area contributed by atoms with Crippen LogP contribution in [0.1, 0.15) is 31.7 Å². The maximum atomic E-state index is 13.5. The Morgan fingerprint density at radius 3 is 3.00 bits per heavy atom. The van der Waals surface area contributed by atoms with E-state index in [4.69, 9.17) is 0 Å². The molecule has 1 fully saturated rings. The normalized spacial score (nSPS) is 29.9. The number of halogens is 1. The monoisotopic (exact) mass is 258 g/mol. The molecule has 2 aliphatic rings. The number of anilines is 1. The zero-order valence-corrected chi connectivity index (χ0v) is 11.3. The van der Waals surface area contributed by atoms with Crippen molar-refractivity contribution >= 4 is 5.69 Å². The summed E-state index contributed by atoms with van der Waals surface area (Å²) >= 11 is 0. The minimum Gasteiger partial charge on any atom is -0.367 e. The van der Waals surface area contributed by atoms with E-state index in [0.29, 0.717) is 5.92 Å². The molecule has 100 valence electrons. The lowest BCUT2D eigenvalue weighted by Crippen LogP contribution is -2.43. The molecule has 1 aromatic rings. The van der Waals surface area contributed by atoms with Crippen LogP contribution in [0, 0.1) is 29.0 Å². The Kier molecular flexibility index (Phi) is 3.18. The average molecular weight is 258 g/mol. The van der Waals surface area contributed by atoms with Gasteiger partial charge in [0.2, 0.25) is 0 Å². The van der Waals surface area contributed by atoms with Gasteiger partial charge < -0.3 is 4.90 Å². The van der Waals surface area contributed by atoms with E-state index in [-0.39, 0.29) is 17.8 Å². The molecule has 2 nitrogen and oxygen atoms in total. The van der Waals surface area contributed by atoms with Gasteiger partial charge >= 0.3 is 0 Å². The maximum Gasteiger partial charge on any atom is 0.125 e. The van der Waals surface area contributed by atoms with Gasteiger partial charge in [0.05, 0.1) is 12.0 Å². The Labute approximate surface area is 113 Å². The third-order valence-corrected chi connectivity index (χ3v) is 4.62. The molecule has 0 amide bonds. The molecule has 1 aromatic carbocycles. The molecule has 1 aliphatic heterocycles. The lowest BCUT2D eigenvalue weighted by atomic mass is 9.79. The summed E-state index contributed by atoms with van der Waals surface area (Å²) in [4.78, 5) is 2.28. The highest BCUT2D eigenvalue weighted by Crippen LogP contribution is 2.38. The first kappa shape index (κ1) is 12.5. The summed E-state index contributed by atoms with van der Waals surface area (Å²) in [6, 6.07) is 7.78. The van der Waals surface area contributed by atoms with Crippen LogP contribution >= 0.6 is 0 Å². The van der Waals surface area contributed by atoms with E-state index in [1.165, 1.54) is 11.6 Å². The summed E-state index contributed by atoms with van der Waals surface area (Å²) in [5.74, 6) is 0.570. The fraction of sp³-hybridized carbons (Fsp3) is 0.562. The molecule has 0 saturated heterocycles. The number of rotatable bonds is 1. The topological polar surface area (TPSA) is 27.0 Å². The van der Waals surface area contributed by atoms with E-state index >= 15 is 0 Å². The van der Waals surface area contributed by atoms with Crippen LogP contribution in [0.5, 0.6) is 0 Å². The van der Waals surface area contributed by atoms with Crippen molar-refractivity contribution in [2.24, 2.45) is 11.8 Å². The minimum absolute atomic E-state index is 0.0883. The number of fused-ring (bicyclic) bond motifs is 1. The lowest BCUT2D eigenvalue weighted by Gasteiger charge is -2.39. The quantitative estimate of drug-likeness (QED) is 0.770. The Morgan fingerprint density at radius 1 is 1.37 bits per heavy atom. The molecule has 3 unspecified atom stereocenters. The van der Waals surface area contributed by atoms with Gasteiger partial charge in [0.15, 0.2) is 0 Å². The molecule has 0 aromatic heterocycles. The van der Waals surface area contributed by atoms with Crippen molar-refractivity contribution < 1.29 is 4.39 Å². The van der Waals surface area contributed by atoms with Gasteiger partial charge in [0.25, 0.3) is 0 Å². The summed E-state index contributed by atoms with van der Waals surface area (Å²) in [6.07, 6.45) is 4.13. The molecular weight excluding hydrogens is 239 g/mol. The van der Waals surface area contributed by atoms with E-state index in [1.54, 1.807) is 6.07 Å². The van der Waals surface area contributed by atoms with Crippen LogP contribution in [-0.4, -0.2) is 12.6 Å². The molecule has 1 heterocycles. The SMILES string of the molecule is CC1CCC(C#N)C(N2CCc3ccc(F)cc32)C1. The number of hydrogen-bond acceptors (Lipinski definition) is 2. The van der Waals surface area contributed by atoms with Crippen LogP contribution in [0.15, 0.2) is 18.2 Å². The Morgan fingerprint density at radius 2 is 2.21 bits per heavy atom. The molecule has 0 bridgehead atoms. The highest BCUT2D eigenvalue weighted by atomic mass is 19.1. The third kappa shape index (κ3) is 2.20. The van der Waals surface area contributed by atoms with Crippen LogP contribution in [0.4, 0.5) is 10.1 Å². The van der Waals surface area contributed by atoms with Crippen molar-refractivity contribution in [1.29, 1.82) is 5.26 Å². The number of hydrogen-bond donors (Lipinski definition) is 0. The first-order valence-electron chi connectivity index (χ1n) is 7.13. The molecule has 0 N–H and O–H groups in total. The summed E-state index contributed by atoms with van der Waals surface area (Å²) in [5.41, 5.74) is 2.23. The fourth-order valence-electron chi connectivity index (χ4n) is 3.57. The molecule has 3 rings (SSSR count). The summed E-state index contributed by atoms with van der Waals surface area (Å²) in [6.45, 7) is 3.18. The summed E-state index contributed by atoms with van der Waals surface area (Å²) in [7, 11) is 0. The molecule has 1 saturated carbocycles. The standard InChI is InChI=1S/C16H19FN2/c1-11-2-3-13(10-18)15(8-11)19-7-6-12-4-5-14(17)9-16(12)19/h4-5,9,11,13,15H,2-3,6-8H2,1H3. The van der Waals surface area contributed by atoms with E-state index in [9.17, 15) is 9.65 Å². The molecule has 3 atom stereocenters. The molecule has 0 radical (unpaired) electrons. The summed E-state index contributed by atoms with van der Waals surface area (Å²) < 4.78 is 13.5. The van der Waals surface area contributed by atoms with Crippen molar-refractivity contribution in [1.82, 2.24) is 0 Å². The van der Waals surface area contributed by atoms with Crippen molar-refractivity contribution in [2.45, 2.75) is 38.6 Å². The summed E-state index contributed by atoms with van der Waals surface area (Å²) in [5, 5.41) is 9.36. The third-order valence-electron chi connectivity index (χ3n) is 4.62. The number of benzene rings is 1. The molecule has 19 heavy (non-hydrogen) atoms. The molecular formula is C16H19FN2. The van der Waals surface area contributed by atoms with Crippen LogP contribution in [0.2, 0.25) is 0 Å². The Bertz CT molecular complexity index is 520. The lowest BCUT2D eigenvalue weighted by molar-refractivity contribution is 0.283. The van der Waals surface area contributed by atoms with Crippen LogP contribution in [0.3, 0.4) is 0 Å². The fourth-order valence-corrected chi connectivity index (χ4v) is 3.57. The van der Waals surface area contributed by atoms with Crippen LogP contribution in [0.25, 0.3) is 0 Å². The Hall–Kier alpha value is -1.56. The van der Waals surface area contributed by atoms with E-state index in [0.717, 1.165) is 37.9 Å². The zero-order valence-electron chi connectivity index (χ0n) is 11.3. The molecule has 1 aliphatic carbocycles. The van der Waals surface area contributed by atoms with E-state index in [2.05, 4.69) is 17.9 Å². The second-order valence-electron chi connectivity index (χ2n) is 5.94. The molecule has 3 heteroatoms. The average Bonchev–Trinajstić information content (AvgIpc) is 2.81. The van der Waals surface area contributed by atoms with Crippen molar-refractivity contribution in [3.63, 3.8) is 0 Å². The van der Waals surface area contributed by atoms with Gasteiger partial charge in [0, 0.05) is 18.3 Å². The van der Waals surface area contributed by atoms with Gasteiger partial charge in [-0.3, -0.25) is 0 Å². The molecule has 0 spiro atoms. The first-order chi connectivity index (χ1) is 9.19. The number of nitrogens with zero attached hydrogens (tertiary/aromatic N) is 2. The highest BCUT2D eigenvalue weighted by Gasteiger charge is 2.35. The van der Waals surface area contributed by atoms with Crippen molar-refractivity contribution in [3.05, 3.63) is 29.6 Å². The number of nitriles is 1. The van der Waals surface area contributed by atoms with E-state index < -0.39 is 0 Å². The van der Waals surface area contributed by atoms with Gasteiger partial charge in [-0.05, 0) is 49.3 Å². The van der Waals surface area contributed by atoms with Gasteiger partial charge in [-0.15, -0.1) is 0 Å². The predicted octanol–water partition coefficient (Wildman–Crippen LogP) is 3.52. The Balaban J connectivity index is 1.91. The van der Waals surface area contributed by atoms with Crippen molar-refractivity contribution in [3.8, 4) is 6.07 Å². The maximum absolute atomic E-state index is 13.5. The van der Waals surface area contributed by atoms with Crippen LogP contribution in [-0.2, 0) is 6.42 Å². The highest BCUT2D eigenvalue weighted by molar-refractivity contribution is 5.59. The van der Waals surface area contributed by atoms with E-state index in [1.807, 2.05) is 6.07 Å². The second kappa shape index (κ2) is 4.85. The largest absolute Gasteiger partial charge is 0.367 e. The predicted molar refractivity (Wildman–Crippen MR) is 73.4 cm³/mol.